The van der Waals surface area contributed by atoms with Gasteiger partial charge in [-0.05, 0) is 95.6 Å². The lowest BCUT2D eigenvalue weighted by molar-refractivity contribution is -0.112. The summed E-state index contributed by atoms with van der Waals surface area (Å²) in [4.78, 5) is 12.9. The first-order valence-electron chi connectivity index (χ1n) is 12.5. The summed E-state index contributed by atoms with van der Waals surface area (Å²) in [6.45, 7) is 4.64. The SMILES string of the molecule is COc1cc(/C=C(\C#N)C(=O)Nc2ccc(OCc3ccccc3)cc2)cc(I)c1Cc1cc(C)cc(C)c1. The quantitative estimate of drug-likeness (QED) is 0.118. The number of ether oxygens (including phenoxy) is 2. The number of methoxy groups -OCH3 is 1. The summed E-state index contributed by atoms with van der Waals surface area (Å²) in [5.41, 5.74) is 7.08. The standard InChI is InChI=1S/C33H29IN2O3/c1-22-13-23(2)15-25(14-22)17-30-31(34)18-26(19-32(30)38-3)16-27(20-35)33(37)36-28-9-11-29(12-10-28)39-21-24-7-5-4-6-8-24/h4-16,18-19H,17,21H2,1-3H3,(H,36,37)/b27-16+. The number of hydrogen-bond acceptors (Lipinski definition) is 4. The first-order valence-corrected chi connectivity index (χ1v) is 13.6. The molecule has 0 aliphatic heterocycles. The molecule has 4 aromatic carbocycles. The summed E-state index contributed by atoms with van der Waals surface area (Å²) in [6.07, 6.45) is 2.31. The number of carbonyl (C=O) groups is 1. The second-order valence-corrected chi connectivity index (χ2v) is 10.4. The molecule has 196 valence electrons. The number of anilines is 1. The molecule has 39 heavy (non-hydrogen) atoms. The number of halogens is 1. The summed E-state index contributed by atoms with van der Waals surface area (Å²) in [6, 6.07) is 29.3. The summed E-state index contributed by atoms with van der Waals surface area (Å²) in [5.74, 6) is 0.926. The van der Waals surface area contributed by atoms with Gasteiger partial charge in [-0.25, -0.2) is 0 Å². The van der Waals surface area contributed by atoms with Gasteiger partial charge in [0.05, 0.1) is 7.11 Å². The van der Waals surface area contributed by atoms with Crippen molar-refractivity contribution in [3.8, 4) is 17.6 Å². The van der Waals surface area contributed by atoms with Gasteiger partial charge in [0.1, 0.15) is 29.7 Å². The van der Waals surface area contributed by atoms with Crippen LogP contribution in [0.4, 0.5) is 5.69 Å². The molecule has 4 rings (SSSR count). The Balaban J connectivity index is 1.46. The normalized spacial score (nSPS) is 11.0. The average molecular weight is 629 g/mol. The largest absolute Gasteiger partial charge is 0.496 e. The van der Waals surface area contributed by atoms with Crippen LogP contribution in [0.2, 0.25) is 0 Å². The third-order valence-electron chi connectivity index (χ3n) is 6.10. The summed E-state index contributed by atoms with van der Waals surface area (Å²) >= 11 is 2.28. The molecule has 0 spiro atoms. The van der Waals surface area contributed by atoms with E-state index in [1.807, 2.05) is 48.5 Å². The number of rotatable bonds is 9. The van der Waals surface area contributed by atoms with Gasteiger partial charge in [-0.1, -0.05) is 59.7 Å². The first kappa shape index (κ1) is 27.9. The predicted octanol–water partition coefficient (Wildman–Crippen LogP) is 7.63. The summed E-state index contributed by atoms with van der Waals surface area (Å²) < 4.78 is 12.5. The molecule has 0 aliphatic carbocycles. The van der Waals surface area contributed by atoms with Crippen LogP contribution in [0.1, 0.15) is 33.4 Å². The smallest absolute Gasteiger partial charge is 0.266 e. The number of aryl methyl sites for hydroxylation is 2. The minimum Gasteiger partial charge on any atom is -0.496 e. The molecule has 6 heteroatoms. The average Bonchev–Trinajstić information content (AvgIpc) is 2.92. The molecule has 5 nitrogen and oxygen atoms in total. The molecule has 1 N–H and O–H groups in total. The molecule has 0 radical (unpaired) electrons. The Morgan fingerprint density at radius 2 is 1.64 bits per heavy atom. The number of nitrogens with one attached hydrogen (secondary N) is 1. The molecule has 4 aromatic rings. The van der Waals surface area contributed by atoms with E-state index in [0.717, 1.165) is 32.4 Å². The first-order chi connectivity index (χ1) is 18.8. The maximum atomic E-state index is 12.9. The predicted molar refractivity (Wildman–Crippen MR) is 164 cm³/mol. The van der Waals surface area contributed by atoms with Gasteiger partial charge in [-0.3, -0.25) is 4.79 Å². The summed E-state index contributed by atoms with van der Waals surface area (Å²) in [5, 5.41) is 12.5. The highest BCUT2D eigenvalue weighted by Gasteiger charge is 2.14. The van der Waals surface area contributed by atoms with Crippen LogP contribution >= 0.6 is 22.6 Å². The van der Waals surface area contributed by atoms with E-state index in [1.54, 1.807) is 37.5 Å². The highest BCUT2D eigenvalue weighted by Crippen LogP contribution is 2.30. The second kappa shape index (κ2) is 13.1. The molecule has 0 aromatic heterocycles. The van der Waals surface area contributed by atoms with E-state index in [1.165, 1.54) is 16.7 Å². The lowest BCUT2D eigenvalue weighted by Gasteiger charge is -2.14. The van der Waals surface area contributed by atoms with Gasteiger partial charge in [-0.15, -0.1) is 0 Å². The monoisotopic (exact) mass is 628 g/mol. The number of hydrogen-bond donors (Lipinski definition) is 1. The topological polar surface area (TPSA) is 71.3 Å². The van der Waals surface area contributed by atoms with Gasteiger partial charge in [0.2, 0.25) is 0 Å². The van der Waals surface area contributed by atoms with E-state index in [4.69, 9.17) is 9.47 Å². The number of nitrogens with zero attached hydrogens (tertiary/aromatic N) is 1. The number of amides is 1. The van der Waals surface area contributed by atoms with Crippen LogP contribution < -0.4 is 14.8 Å². The molecule has 0 unspecified atom stereocenters. The highest BCUT2D eigenvalue weighted by molar-refractivity contribution is 14.1. The van der Waals surface area contributed by atoms with Crippen molar-refractivity contribution in [2.24, 2.45) is 0 Å². The van der Waals surface area contributed by atoms with Crippen LogP contribution in [0.25, 0.3) is 6.08 Å². The molecule has 0 aliphatic rings. The Labute approximate surface area is 243 Å². The minimum atomic E-state index is -0.483. The molecule has 0 bridgehead atoms. The van der Waals surface area contributed by atoms with Crippen molar-refractivity contribution in [1.82, 2.24) is 0 Å². The number of nitriles is 1. The maximum Gasteiger partial charge on any atom is 0.266 e. The van der Waals surface area contributed by atoms with E-state index in [0.29, 0.717) is 18.0 Å². The van der Waals surface area contributed by atoms with E-state index < -0.39 is 5.91 Å². The lowest BCUT2D eigenvalue weighted by atomic mass is 9.98. The van der Waals surface area contributed by atoms with Crippen LogP contribution in [0, 0.1) is 28.7 Å². The van der Waals surface area contributed by atoms with Crippen LogP contribution in [-0.2, 0) is 17.8 Å². The van der Waals surface area contributed by atoms with Crippen LogP contribution in [0.3, 0.4) is 0 Å². The van der Waals surface area contributed by atoms with Gasteiger partial charge < -0.3 is 14.8 Å². The fraction of sp³-hybridized carbons (Fsp3) is 0.152. The zero-order valence-corrected chi connectivity index (χ0v) is 24.3. The van der Waals surface area contributed by atoms with Gasteiger partial charge in [-0.2, -0.15) is 5.26 Å². The van der Waals surface area contributed by atoms with E-state index in [-0.39, 0.29) is 5.57 Å². The molecule has 0 saturated heterocycles. The van der Waals surface area contributed by atoms with Crippen LogP contribution in [0.5, 0.6) is 11.5 Å². The maximum absolute atomic E-state index is 12.9. The number of benzene rings is 4. The zero-order chi connectivity index (χ0) is 27.8. The van der Waals surface area contributed by atoms with Gasteiger partial charge in [0.15, 0.2) is 0 Å². The Morgan fingerprint density at radius 1 is 0.949 bits per heavy atom. The van der Waals surface area contributed by atoms with Crippen molar-refractivity contribution in [3.05, 3.63) is 127 Å². The molecule has 0 saturated carbocycles. The van der Waals surface area contributed by atoms with Gasteiger partial charge in [0.25, 0.3) is 5.91 Å². The van der Waals surface area contributed by atoms with E-state index in [2.05, 4.69) is 60.0 Å². The molecule has 0 fully saturated rings. The molecule has 1 amide bonds. The van der Waals surface area contributed by atoms with Crippen LogP contribution in [0.15, 0.2) is 90.5 Å². The fourth-order valence-corrected chi connectivity index (χ4v) is 5.15. The van der Waals surface area contributed by atoms with E-state index in [9.17, 15) is 10.1 Å². The van der Waals surface area contributed by atoms with Crippen molar-refractivity contribution in [1.29, 1.82) is 5.26 Å². The molecule has 0 heterocycles. The zero-order valence-electron chi connectivity index (χ0n) is 22.1. The van der Waals surface area contributed by atoms with Gasteiger partial charge >= 0.3 is 0 Å². The Kier molecular flexibility index (Phi) is 9.40. The summed E-state index contributed by atoms with van der Waals surface area (Å²) in [7, 11) is 1.63. The third-order valence-corrected chi connectivity index (χ3v) is 7.06. The molecular weight excluding hydrogens is 599 g/mol. The number of carbonyl (C=O) groups excluding carboxylic acids is 1. The second-order valence-electron chi connectivity index (χ2n) is 9.28. The Bertz CT molecular complexity index is 1520. The fourth-order valence-electron chi connectivity index (χ4n) is 4.33. The van der Waals surface area contributed by atoms with Crippen molar-refractivity contribution in [2.45, 2.75) is 26.9 Å². The van der Waals surface area contributed by atoms with Crippen LogP contribution in [-0.4, -0.2) is 13.0 Å². The van der Waals surface area contributed by atoms with Gasteiger partial charge in [0, 0.05) is 21.2 Å². The highest BCUT2D eigenvalue weighted by atomic mass is 127. The molecule has 0 atom stereocenters. The minimum absolute atomic E-state index is 0.000633. The molecular formula is C33H29IN2O3. The van der Waals surface area contributed by atoms with Crippen molar-refractivity contribution in [3.63, 3.8) is 0 Å². The Morgan fingerprint density at radius 3 is 2.28 bits per heavy atom. The van der Waals surface area contributed by atoms with E-state index >= 15 is 0 Å². The third kappa shape index (κ3) is 7.71. The Hall–Kier alpha value is -4.09. The lowest BCUT2D eigenvalue weighted by Crippen LogP contribution is -2.13. The van der Waals surface area contributed by atoms with Crippen molar-refractivity contribution >= 4 is 40.3 Å². The van der Waals surface area contributed by atoms with Crippen molar-refractivity contribution in [2.75, 3.05) is 12.4 Å². The van der Waals surface area contributed by atoms with Crippen molar-refractivity contribution < 1.29 is 14.3 Å².